The van der Waals surface area contributed by atoms with E-state index < -0.39 is 0 Å². The minimum Gasteiger partial charge on any atom is -0.346 e. The Morgan fingerprint density at radius 3 is 2.70 bits per heavy atom. The molecule has 0 aliphatic rings. The second-order valence-corrected chi connectivity index (χ2v) is 5.29. The van der Waals surface area contributed by atoms with Gasteiger partial charge in [-0.25, -0.2) is 9.37 Å². The Morgan fingerprint density at radius 2 is 1.90 bits per heavy atom. The summed E-state index contributed by atoms with van der Waals surface area (Å²) in [7, 11) is 0. The average Bonchev–Trinajstić information content (AvgIpc) is 2.90. The predicted molar refractivity (Wildman–Crippen MR) is 77.2 cm³/mol. The second-order valence-electron chi connectivity index (χ2n) is 4.26. The Bertz CT molecular complexity index is 736. The number of fused-ring (bicyclic) bond motifs is 1. The van der Waals surface area contributed by atoms with Crippen LogP contribution in [-0.4, -0.2) is 10.9 Å². The van der Waals surface area contributed by atoms with E-state index in [0.29, 0.717) is 10.6 Å². The van der Waals surface area contributed by atoms with E-state index in [1.807, 2.05) is 24.3 Å². The molecule has 0 unspecified atom stereocenters. The first kappa shape index (κ1) is 12.7. The number of halogens is 1. The smallest absolute Gasteiger partial charge is 0.280 e. The molecule has 100 valence electrons. The monoisotopic (exact) mass is 286 g/mol. The number of nitrogens with one attached hydrogen (secondary N) is 1. The molecule has 2 aromatic carbocycles. The number of thiazole rings is 1. The molecular formula is C15H11FN2OS. The Labute approximate surface area is 119 Å². The van der Waals surface area contributed by atoms with Gasteiger partial charge in [0.05, 0.1) is 10.2 Å². The molecule has 0 spiro atoms. The van der Waals surface area contributed by atoms with Crippen LogP contribution in [0.2, 0.25) is 0 Å². The van der Waals surface area contributed by atoms with E-state index in [1.54, 1.807) is 18.2 Å². The zero-order chi connectivity index (χ0) is 13.9. The maximum Gasteiger partial charge on any atom is 0.280 e. The zero-order valence-electron chi connectivity index (χ0n) is 10.5. The van der Waals surface area contributed by atoms with Gasteiger partial charge in [0.2, 0.25) is 0 Å². The summed E-state index contributed by atoms with van der Waals surface area (Å²) in [5.74, 6) is -0.605. The lowest BCUT2D eigenvalue weighted by Gasteiger charge is -2.04. The zero-order valence-corrected chi connectivity index (χ0v) is 11.3. The number of aromatic nitrogens is 1. The summed E-state index contributed by atoms with van der Waals surface area (Å²) in [6.07, 6.45) is 0. The van der Waals surface area contributed by atoms with E-state index in [4.69, 9.17) is 0 Å². The fourth-order valence-corrected chi connectivity index (χ4v) is 2.74. The molecular weight excluding hydrogens is 275 g/mol. The fraction of sp³-hybridized carbons (Fsp3) is 0.0667. The van der Waals surface area contributed by atoms with Crippen molar-refractivity contribution in [3.63, 3.8) is 0 Å². The summed E-state index contributed by atoms with van der Waals surface area (Å²) in [6.45, 7) is 0.154. The average molecular weight is 286 g/mol. The predicted octanol–water partition coefficient (Wildman–Crippen LogP) is 3.37. The molecule has 20 heavy (non-hydrogen) atoms. The minimum absolute atomic E-state index is 0.154. The van der Waals surface area contributed by atoms with Gasteiger partial charge in [-0.15, -0.1) is 11.3 Å². The maximum absolute atomic E-state index is 13.4. The number of nitrogens with zero attached hydrogens (tertiary/aromatic N) is 1. The Hall–Kier alpha value is -2.27. The van der Waals surface area contributed by atoms with E-state index in [0.717, 1.165) is 10.2 Å². The van der Waals surface area contributed by atoms with Crippen molar-refractivity contribution in [2.24, 2.45) is 0 Å². The highest BCUT2D eigenvalue weighted by molar-refractivity contribution is 7.20. The number of carbonyl (C=O) groups excluding carboxylic acids is 1. The molecule has 1 N–H and O–H groups in total. The molecule has 0 saturated heterocycles. The van der Waals surface area contributed by atoms with Crippen molar-refractivity contribution in [2.45, 2.75) is 6.54 Å². The van der Waals surface area contributed by atoms with Gasteiger partial charge in [-0.05, 0) is 18.2 Å². The van der Waals surface area contributed by atoms with Crippen LogP contribution in [0.4, 0.5) is 4.39 Å². The SMILES string of the molecule is O=C(NCc1ccccc1F)c1nc2ccccc2s1. The maximum atomic E-state index is 13.4. The summed E-state index contributed by atoms with van der Waals surface area (Å²) in [4.78, 5) is 16.3. The minimum atomic E-state index is -0.322. The second kappa shape index (κ2) is 5.38. The molecule has 1 aromatic heterocycles. The van der Waals surface area contributed by atoms with E-state index >= 15 is 0 Å². The topological polar surface area (TPSA) is 42.0 Å². The Morgan fingerprint density at radius 1 is 1.15 bits per heavy atom. The van der Waals surface area contributed by atoms with Crippen molar-refractivity contribution in [3.8, 4) is 0 Å². The van der Waals surface area contributed by atoms with Crippen LogP contribution >= 0.6 is 11.3 Å². The number of hydrogen-bond donors (Lipinski definition) is 1. The van der Waals surface area contributed by atoms with Crippen LogP contribution in [0.15, 0.2) is 48.5 Å². The van der Waals surface area contributed by atoms with Crippen molar-refractivity contribution < 1.29 is 9.18 Å². The van der Waals surface area contributed by atoms with Crippen molar-refractivity contribution >= 4 is 27.5 Å². The molecule has 3 nitrogen and oxygen atoms in total. The third kappa shape index (κ3) is 2.53. The first-order chi connectivity index (χ1) is 9.74. The summed E-state index contributed by atoms with van der Waals surface area (Å²) in [5.41, 5.74) is 1.26. The quantitative estimate of drug-likeness (QED) is 0.802. The molecule has 0 saturated carbocycles. The Kier molecular flexibility index (Phi) is 3.43. The van der Waals surface area contributed by atoms with Gasteiger partial charge in [-0.1, -0.05) is 30.3 Å². The fourth-order valence-electron chi connectivity index (χ4n) is 1.86. The van der Waals surface area contributed by atoms with Gasteiger partial charge in [-0.3, -0.25) is 4.79 Å². The molecule has 0 aliphatic carbocycles. The highest BCUT2D eigenvalue weighted by Gasteiger charge is 2.12. The van der Waals surface area contributed by atoms with Gasteiger partial charge < -0.3 is 5.32 Å². The van der Waals surface area contributed by atoms with Crippen LogP contribution in [0.1, 0.15) is 15.4 Å². The van der Waals surface area contributed by atoms with Crippen LogP contribution < -0.4 is 5.32 Å². The van der Waals surface area contributed by atoms with Gasteiger partial charge in [0.1, 0.15) is 5.82 Å². The number of benzene rings is 2. The third-order valence-electron chi connectivity index (χ3n) is 2.89. The molecule has 0 bridgehead atoms. The molecule has 0 fully saturated rings. The largest absolute Gasteiger partial charge is 0.346 e. The van der Waals surface area contributed by atoms with Gasteiger partial charge in [0, 0.05) is 12.1 Å². The number of rotatable bonds is 3. The Balaban J connectivity index is 1.75. The number of carbonyl (C=O) groups is 1. The van der Waals surface area contributed by atoms with Crippen LogP contribution in [0.25, 0.3) is 10.2 Å². The van der Waals surface area contributed by atoms with Crippen LogP contribution in [0.3, 0.4) is 0 Å². The summed E-state index contributed by atoms with van der Waals surface area (Å²) in [5, 5.41) is 3.08. The molecule has 5 heteroatoms. The van der Waals surface area contributed by atoms with Gasteiger partial charge in [-0.2, -0.15) is 0 Å². The highest BCUT2D eigenvalue weighted by atomic mass is 32.1. The van der Waals surface area contributed by atoms with Gasteiger partial charge in [0.15, 0.2) is 5.01 Å². The molecule has 1 heterocycles. The lowest BCUT2D eigenvalue weighted by molar-refractivity contribution is 0.0950. The molecule has 0 atom stereocenters. The molecule has 3 rings (SSSR count). The number of amides is 1. The van der Waals surface area contributed by atoms with E-state index in [2.05, 4.69) is 10.3 Å². The van der Waals surface area contributed by atoms with E-state index in [1.165, 1.54) is 17.4 Å². The van der Waals surface area contributed by atoms with E-state index in [-0.39, 0.29) is 18.3 Å². The first-order valence-electron chi connectivity index (χ1n) is 6.11. The molecule has 0 aliphatic heterocycles. The van der Waals surface area contributed by atoms with Gasteiger partial charge in [0.25, 0.3) is 5.91 Å². The van der Waals surface area contributed by atoms with Crippen LogP contribution in [0.5, 0.6) is 0 Å². The van der Waals surface area contributed by atoms with Gasteiger partial charge >= 0.3 is 0 Å². The normalized spacial score (nSPS) is 10.7. The van der Waals surface area contributed by atoms with Crippen LogP contribution in [-0.2, 0) is 6.54 Å². The number of para-hydroxylation sites is 1. The lowest BCUT2D eigenvalue weighted by Crippen LogP contribution is -2.23. The molecule has 1 amide bonds. The molecule has 0 radical (unpaired) electrons. The lowest BCUT2D eigenvalue weighted by atomic mass is 10.2. The summed E-state index contributed by atoms with van der Waals surface area (Å²) in [6, 6.07) is 13.9. The summed E-state index contributed by atoms with van der Waals surface area (Å²) >= 11 is 1.33. The van der Waals surface area contributed by atoms with Crippen LogP contribution in [0, 0.1) is 5.82 Å². The van der Waals surface area contributed by atoms with E-state index in [9.17, 15) is 9.18 Å². The third-order valence-corrected chi connectivity index (χ3v) is 3.92. The highest BCUT2D eigenvalue weighted by Crippen LogP contribution is 2.21. The van der Waals surface area contributed by atoms with Crippen molar-refractivity contribution in [3.05, 3.63) is 64.9 Å². The first-order valence-corrected chi connectivity index (χ1v) is 6.93. The standard InChI is InChI=1S/C15H11FN2OS/c16-11-6-2-1-5-10(11)9-17-14(19)15-18-12-7-3-4-8-13(12)20-15/h1-8H,9H2,(H,17,19). The summed E-state index contributed by atoms with van der Waals surface area (Å²) < 4.78 is 14.4. The van der Waals surface area contributed by atoms with Crippen molar-refractivity contribution in [1.29, 1.82) is 0 Å². The number of hydrogen-bond acceptors (Lipinski definition) is 3. The van der Waals surface area contributed by atoms with Crippen molar-refractivity contribution in [2.75, 3.05) is 0 Å². The van der Waals surface area contributed by atoms with Crippen molar-refractivity contribution in [1.82, 2.24) is 10.3 Å². The molecule has 3 aromatic rings.